The van der Waals surface area contributed by atoms with Gasteiger partial charge in [-0.2, -0.15) is 9.97 Å². The van der Waals surface area contributed by atoms with Crippen LogP contribution in [0.3, 0.4) is 0 Å². The minimum absolute atomic E-state index is 0.169. The van der Waals surface area contributed by atoms with Crippen molar-refractivity contribution in [2.45, 2.75) is 77.1 Å². The van der Waals surface area contributed by atoms with Crippen LogP contribution in [0, 0.1) is 4.91 Å². The summed E-state index contributed by atoms with van der Waals surface area (Å²) in [6.45, 7) is 11.8. The smallest absolute Gasteiger partial charge is 0.0967 e. The fraction of sp³-hybridized carbons (Fsp3) is 1.00. The molecule has 0 spiro atoms. The van der Waals surface area contributed by atoms with E-state index in [1.54, 1.807) is 13.8 Å². The van der Waals surface area contributed by atoms with Crippen molar-refractivity contribution in [3.05, 3.63) is 4.91 Å². The Hall–Kier alpha value is -0.520. The molecule has 18 heavy (non-hydrogen) atoms. The molecule has 0 radical (unpaired) electrons. The van der Waals surface area contributed by atoms with Gasteiger partial charge in [0.1, 0.15) is 0 Å². The SMILES string of the molecule is CC(C)(O)CON1C(C)(C)CC(N=O)CC1(C)C. The molecule has 0 aromatic heterocycles. The summed E-state index contributed by atoms with van der Waals surface area (Å²) in [5, 5.41) is 14.9. The van der Waals surface area contributed by atoms with E-state index in [1.807, 2.05) is 32.8 Å². The van der Waals surface area contributed by atoms with Gasteiger partial charge in [0.05, 0.1) is 18.2 Å². The van der Waals surface area contributed by atoms with E-state index in [1.165, 1.54) is 0 Å². The second-order valence-corrected chi connectivity index (χ2v) is 7.17. The molecule has 0 unspecified atom stereocenters. The van der Waals surface area contributed by atoms with Gasteiger partial charge in [-0.15, -0.1) is 0 Å². The van der Waals surface area contributed by atoms with Gasteiger partial charge in [-0.1, -0.05) is 5.18 Å². The fourth-order valence-corrected chi connectivity index (χ4v) is 2.86. The number of nitroso groups, excluding NO2 is 1. The first-order chi connectivity index (χ1) is 7.98. The van der Waals surface area contributed by atoms with Gasteiger partial charge in [-0.25, -0.2) is 0 Å². The average Bonchev–Trinajstić information content (AvgIpc) is 2.11. The predicted molar refractivity (Wildman–Crippen MR) is 71.1 cm³/mol. The van der Waals surface area contributed by atoms with E-state index in [-0.39, 0.29) is 23.7 Å². The quantitative estimate of drug-likeness (QED) is 0.787. The van der Waals surface area contributed by atoms with Crippen LogP contribution >= 0.6 is 0 Å². The van der Waals surface area contributed by atoms with Gasteiger partial charge in [0.2, 0.25) is 0 Å². The number of hydroxylamine groups is 2. The largest absolute Gasteiger partial charge is 0.388 e. The number of rotatable bonds is 4. The summed E-state index contributed by atoms with van der Waals surface area (Å²) in [4.78, 5) is 16.6. The number of aliphatic hydroxyl groups is 1. The molecule has 1 saturated heterocycles. The van der Waals surface area contributed by atoms with Crippen LogP contribution in [0.4, 0.5) is 0 Å². The van der Waals surface area contributed by atoms with Crippen molar-refractivity contribution in [2.75, 3.05) is 6.61 Å². The van der Waals surface area contributed by atoms with Crippen molar-refractivity contribution in [2.24, 2.45) is 5.18 Å². The summed E-state index contributed by atoms with van der Waals surface area (Å²) in [7, 11) is 0. The third kappa shape index (κ3) is 3.73. The fourth-order valence-electron chi connectivity index (χ4n) is 2.86. The molecule has 1 rings (SSSR count). The van der Waals surface area contributed by atoms with Crippen molar-refractivity contribution < 1.29 is 9.94 Å². The predicted octanol–water partition coefficient (Wildman–Crippen LogP) is 2.48. The molecule has 0 aromatic rings. The Morgan fingerprint density at radius 3 is 2.06 bits per heavy atom. The van der Waals surface area contributed by atoms with Crippen molar-refractivity contribution in [1.29, 1.82) is 0 Å². The highest BCUT2D eigenvalue weighted by molar-refractivity contribution is 4.99. The zero-order valence-corrected chi connectivity index (χ0v) is 12.4. The second-order valence-electron chi connectivity index (χ2n) is 7.17. The molecule has 106 valence electrons. The van der Waals surface area contributed by atoms with Crippen molar-refractivity contribution >= 4 is 0 Å². The first-order valence-corrected chi connectivity index (χ1v) is 6.46. The lowest BCUT2D eigenvalue weighted by Gasteiger charge is -2.52. The molecule has 1 heterocycles. The minimum atomic E-state index is -0.869. The summed E-state index contributed by atoms with van der Waals surface area (Å²) >= 11 is 0. The van der Waals surface area contributed by atoms with Gasteiger partial charge in [-0.3, -0.25) is 4.84 Å². The number of nitrogens with zero attached hydrogens (tertiary/aromatic N) is 2. The molecule has 1 N–H and O–H groups in total. The summed E-state index contributed by atoms with van der Waals surface area (Å²) in [5.41, 5.74) is -1.41. The molecular weight excluding hydrogens is 232 g/mol. The van der Waals surface area contributed by atoms with Crippen LogP contribution in [0.15, 0.2) is 5.18 Å². The van der Waals surface area contributed by atoms with E-state index >= 15 is 0 Å². The maximum absolute atomic E-state index is 10.8. The van der Waals surface area contributed by atoms with Crippen LogP contribution in [-0.4, -0.2) is 39.5 Å². The van der Waals surface area contributed by atoms with Gasteiger partial charge < -0.3 is 5.11 Å². The van der Waals surface area contributed by atoms with Gasteiger partial charge >= 0.3 is 0 Å². The number of hydrogen-bond donors (Lipinski definition) is 1. The monoisotopic (exact) mass is 258 g/mol. The minimum Gasteiger partial charge on any atom is -0.388 e. The molecule has 1 aliphatic rings. The summed E-state index contributed by atoms with van der Waals surface area (Å²) < 4.78 is 0. The average molecular weight is 258 g/mol. The van der Waals surface area contributed by atoms with Crippen LogP contribution in [0.1, 0.15) is 54.4 Å². The lowest BCUT2D eigenvalue weighted by Crippen LogP contribution is -2.61. The van der Waals surface area contributed by atoms with Crippen LogP contribution in [0.25, 0.3) is 0 Å². The molecule has 1 aliphatic heterocycles. The molecule has 0 amide bonds. The third-order valence-corrected chi connectivity index (χ3v) is 3.27. The Bertz CT molecular complexity index is 290. The molecule has 5 nitrogen and oxygen atoms in total. The lowest BCUT2D eigenvalue weighted by atomic mass is 9.79. The highest BCUT2D eigenvalue weighted by Gasteiger charge is 2.47. The van der Waals surface area contributed by atoms with Crippen molar-refractivity contribution in [3.63, 3.8) is 0 Å². The van der Waals surface area contributed by atoms with E-state index in [9.17, 15) is 10.0 Å². The highest BCUT2D eigenvalue weighted by Crippen LogP contribution is 2.39. The Morgan fingerprint density at radius 1 is 1.28 bits per heavy atom. The lowest BCUT2D eigenvalue weighted by molar-refractivity contribution is -0.298. The van der Waals surface area contributed by atoms with E-state index in [4.69, 9.17) is 4.84 Å². The molecule has 5 heteroatoms. The first kappa shape index (κ1) is 15.5. The maximum Gasteiger partial charge on any atom is 0.0967 e. The van der Waals surface area contributed by atoms with Crippen LogP contribution in [0.5, 0.6) is 0 Å². The molecule has 0 aliphatic carbocycles. The highest BCUT2D eigenvalue weighted by atomic mass is 16.7. The van der Waals surface area contributed by atoms with Crippen LogP contribution in [0.2, 0.25) is 0 Å². The molecule has 0 aromatic carbocycles. The zero-order chi connectivity index (χ0) is 14.2. The van der Waals surface area contributed by atoms with Gasteiger partial charge in [0, 0.05) is 11.1 Å². The molecule has 1 fully saturated rings. The summed E-state index contributed by atoms with van der Waals surface area (Å²) in [6.07, 6.45) is 1.34. The van der Waals surface area contributed by atoms with Crippen LogP contribution < -0.4 is 0 Å². The topological polar surface area (TPSA) is 62.1 Å². The zero-order valence-electron chi connectivity index (χ0n) is 12.4. The third-order valence-electron chi connectivity index (χ3n) is 3.27. The van der Waals surface area contributed by atoms with E-state index in [2.05, 4.69) is 5.18 Å². The van der Waals surface area contributed by atoms with Crippen molar-refractivity contribution in [1.82, 2.24) is 5.06 Å². The Kier molecular flexibility index (Phi) is 4.20. The first-order valence-electron chi connectivity index (χ1n) is 6.46. The van der Waals surface area contributed by atoms with E-state index < -0.39 is 5.60 Å². The molecular formula is C13H26N2O3. The van der Waals surface area contributed by atoms with Crippen LogP contribution in [-0.2, 0) is 4.84 Å². The normalized spacial score (nSPS) is 25.1. The number of hydrogen-bond acceptors (Lipinski definition) is 5. The second kappa shape index (κ2) is 4.87. The molecule has 0 saturated carbocycles. The Morgan fingerprint density at radius 2 is 1.72 bits per heavy atom. The van der Waals surface area contributed by atoms with E-state index in [0.717, 1.165) is 0 Å². The van der Waals surface area contributed by atoms with Gasteiger partial charge in [-0.05, 0) is 54.4 Å². The van der Waals surface area contributed by atoms with Gasteiger partial charge in [0.15, 0.2) is 0 Å². The van der Waals surface area contributed by atoms with E-state index in [0.29, 0.717) is 12.8 Å². The van der Waals surface area contributed by atoms with Gasteiger partial charge in [0.25, 0.3) is 0 Å². The standard InChI is InChI=1S/C13H26N2O3/c1-11(2)7-10(14-17)8-12(3,4)15(11)18-9-13(5,6)16/h10,16H,7-9H2,1-6H3. The summed E-state index contributed by atoms with van der Waals surface area (Å²) in [6, 6.07) is -0.169. The number of piperidine rings is 1. The Balaban J connectivity index is 2.83. The summed E-state index contributed by atoms with van der Waals surface area (Å²) in [5.74, 6) is 0. The van der Waals surface area contributed by atoms with Crippen molar-refractivity contribution in [3.8, 4) is 0 Å². The molecule has 0 bridgehead atoms. The Labute approximate surface area is 109 Å². The maximum atomic E-state index is 10.8. The molecule has 0 atom stereocenters.